The Kier molecular flexibility index (Phi) is 3.14. The molecule has 4 heteroatoms. The maximum absolute atomic E-state index is 14.1. The van der Waals surface area contributed by atoms with Crippen LogP contribution in [-0.2, 0) is 0 Å². The Morgan fingerprint density at radius 1 is 1.15 bits per heavy atom. The van der Waals surface area contributed by atoms with Crippen molar-refractivity contribution in [2.75, 3.05) is 0 Å². The number of hydrogen-bond acceptors (Lipinski definition) is 2. The molecule has 2 aromatic carbocycles. The molecule has 0 aromatic heterocycles. The lowest BCUT2D eigenvalue weighted by molar-refractivity contribution is 0.0692. The average molecular weight is 272 g/mol. The predicted octanol–water partition coefficient (Wildman–Crippen LogP) is 3.73. The summed E-state index contributed by atoms with van der Waals surface area (Å²) in [6, 6.07) is 11.4. The summed E-state index contributed by atoms with van der Waals surface area (Å²) in [6.45, 7) is 0. The molecule has 1 aliphatic rings. The topological polar surface area (TPSA) is 46.5 Å². The number of carboxylic acids is 1. The average Bonchev–Trinajstić information content (AvgIpc) is 3.24. The highest BCUT2D eigenvalue weighted by Gasteiger charge is 2.23. The molecule has 0 aliphatic heterocycles. The third-order valence-electron chi connectivity index (χ3n) is 3.22. The fraction of sp³-hybridized carbons (Fsp3) is 0.188. The molecule has 1 saturated carbocycles. The van der Waals surface area contributed by atoms with Crippen LogP contribution in [0.4, 0.5) is 4.39 Å². The van der Waals surface area contributed by atoms with Crippen molar-refractivity contribution in [1.82, 2.24) is 0 Å². The molecule has 0 unspecified atom stereocenters. The smallest absolute Gasteiger partial charge is 0.338 e. The van der Waals surface area contributed by atoms with E-state index >= 15 is 0 Å². The van der Waals surface area contributed by atoms with Crippen LogP contribution in [0.1, 0.15) is 23.2 Å². The van der Waals surface area contributed by atoms with Crippen LogP contribution < -0.4 is 4.74 Å². The lowest BCUT2D eigenvalue weighted by Crippen LogP contribution is -2.01. The predicted molar refractivity (Wildman–Crippen MR) is 72.4 cm³/mol. The number of ether oxygens (including phenoxy) is 1. The maximum atomic E-state index is 14.1. The van der Waals surface area contributed by atoms with Crippen molar-refractivity contribution >= 4 is 5.97 Å². The van der Waals surface area contributed by atoms with E-state index in [1.165, 1.54) is 12.1 Å². The minimum Gasteiger partial charge on any atom is -0.490 e. The second kappa shape index (κ2) is 4.96. The number of rotatable bonds is 4. The highest BCUT2D eigenvalue weighted by atomic mass is 19.1. The molecule has 0 heterocycles. The summed E-state index contributed by atoms with van der Waals surface area (Å²) in [5, 5.41) is 8.93. The fourth-order valence-corrected chi connectivity index (χ4v) is 2.01. The Bertz CT molecular complexity index is 645. The number of hydrogen-bond donors (Lipinski definition) is 1. The first-order valence-electron chi connectivity index (χ1n) is 6.44. The van der Waals surface area contributed by atoms with Crippen LogP contribution >= 0.6 is 0 Å². The van der Waals surface area contributed by atoms with Gasteiger partial charge < -0.3 is 9.84 Å². The van der Waals surface area contributed by atoms with Crippen LogP contribution in [0.15, 0.2) is 42.5 Å². The summed E-state index contributed by atoms with van der Waals surface area (Å²) in [6.07, 6.45) is 2.47. The van der Waals surface area contributed by atoms with Gasteiger partial charge in [0.25, 0.3) is 0 Å². The van der Waals surface area contributed by atoms with Gasteiger partial charge in [-0.1, -0.05) is 24.3 Å². The van der Waals surface area contributed by atoms with E-state index in [2.05, 4.69) is 0 Å². The Hall–Kier alpha value is -2.36. The number of carbonyl (C=O) groups is 1. The van der Waals surface area contributed by atoms with Gasteiger partial charge in [0.05, 0.1) is 11.7 Å². The second-order valence-electron chi connectivity index (χ2n) is 4.81. The zero-order valence-corrected chi connectivity index (χ0v) is 10.7. The van der Waals surface area contributed by atoms with Gasteiger partial charge in [0.1, 0.15) is 11.6 Å². The molecule has 0 atom stereocenters. The zero-order chi connectivity index (χ0) is 14.1. The van der Waals surface area contributed by atoms with Gasteiger partial charge in [0, 0.05) is 5.56 Å². The van der Waals surface area contributed by atoms with E-state index in [0.717, 1.165) is 18.6 Å². The van der Waals surface area contributed by atoms with Crippen molar-refractivity contribution in [3.63, 3.8) is 0 Å². The standard InChI is InChI=1S/C16H13FO3/c17-15-13(2-1-3-14(15)16(18)19)10-4-6-11(7-5-10)20-12-8-9-12/h1-7,12H,8-9H2,(H,18,19). The maximum Gasteiger partial charge on any atom is 0.338 e. The quantitative estimate of drug-likeness (QED) is 0.922. The van der Waals surface area contributed by atoms with Crippen molar-refractivity contribution in [1.29, 1.82) is 0 Å². The van der Waals surface area contributed by atoms with E-state index < -0.39 is 11.8 Å². The Morgan fingerprint density at radius 3 is 2.45 bits per heavy atom. The van der Waals surface area contributed by atoms with E-state index in [4.69, 9.17) is 9.84 Å². The van der Waals surface area contributed by atoms with Crippen LogP contribution in [0.5, 0.6) is 5.75 Å². The first kappa shape index (κ1) is 12.7. The molecular formula is C16H13FO3. The van der Waals surface area contributed by atoms with E-state index in [0.29, 0.717) is 11.7 Å². The lowest BCUT2D eigenvalue weighted by Gasteiger charge is -2.08. The van der Waals surface area contributed by atoms with Crippen molar-refractivity contribution in [2.45, 2.75) is 18.9 Å². The molecule has 102 valence electrons. The fourth-order valence-electron chi connectivity index (χ4n) is 2.01. The van der Waals surface area contributed by atoms with Gasteiger partial charge in [0.15, 0.2) is 0 Å². The highest BCUT2D eigenvalue weighted by Crippen LogP contribution is 2.30. The number of aromatic carboxylic acids is 1. The Balaban J connectivity index is 1.91. The lowest BCUT2D eigenvalue weighted by atomic mass is 10.0. The molecule has 0 bridgehead atoms. The van der Waals surface area contributed by atoms with Crippen LogP contribution in [-0.4, -0.2) is 17.2 Å². The van der Waals surface area contributed by atoms with Gasteiger partial charge in [-0.15, -0.1) is 0 Å². The molecule has 0 radical (unpaired) electrons. The number of halogens is 1. The third kappa shape index (κ3) is 2.50. The Labute approximate surface area is 115 Å². The van der Waals surface area contributed by atoms with Crippen molar-refractivity contribution in [3.05, 3.63) is 53.8 Å². The summed E-state index contributed by atoms with van der Waals surface area (Å²) in [4.78, 5) is 10.9. The molecule has 1 fully saturated rings. The normalized spacial score (nSPS) is 14.1. The molecule has 0 saturated heterocycles. The van der Waals surface area contributed by atoms with Gasteiger partial charge in [-0.25, -0.2) is 9.18 Å². The molecule has 2 aromatic rings. The van der Waals surface area contributed by atoms with E-state index in [9.17, 15) is 9.18 Å². The van der Waals surface area contributed by atoms with Gasteiger partial charge >= 0.3 is 5.97 Å². The summed E-state index contributed by atoms with van der Waals surface area (Å²) in [5.74, 6) is -1.22. The monoisotopic (exact) mass is 272 g/mol. The van der Waals surface area contributed by atoms with Crippen LogP contribution in [0.3, 0.4) is 0 Å². The largest absolute Gasteiger partial charge is 0.490 e. The minimum atomic E-state index is -1.27. The van der Waals surface area contributed by atoms with Crippen LogP contribution in [0.25, 0.3) is 11.1 Å². The van der Waals surface area contributed by atoms with Gasteiger partial charge in [-0.3, -0.25) is 0 Å². The molecule has 1 N–H and O–H groups in total. The van der Waals surface area contributed by atoms with Crippen LogP contribution in [0.2, 0.25) is 0 Å². The summed E-state index contributed by atoms with van der Waals surface area (Å²) in [5.41, 5.74) is 0.595. The SMILES string of the molecule is O=C(O)c1cccc(-c2ccc(OC3CC3)cc2)c1F. The van der Waals surface area contributed by atoms with Crippen molar-refractivity contribution in [3.8, 4) is 16.9 Å². The van der Waals surface area contributed by atoms with Gasteiger partial charge in [-0.2, -0.15) is 0 Å². The van der Waals surface area contributed by atoms with E-state index in [1.807, 2.05) is 0 Å². The van der Waals surface area contributed by atoms with E-state index in [-0.39, 0.29) is 11.1 Å². The van der Waals surface area contributed by atoms with Gasteiger partial charge in [-0.05, 0) is 36.6 Å². The molecule has 3 rings (SSSR count). The second-order valence-corrected chi connectivity index (χ2v) is 4.81. The molecule has 3 nitrogen and oxygen atoms in total. The van der Waals surface area contributed by atoms with E-state index in [1.54, 1.807) is 30.3 Å². The zero-order valence-electron chi connectivity index (χ0n) is 10.7. The number of benzene rings is 2. The van der Waals surface area contributed by atoms with Crippen molar-refractivity contribution in [2.24, 2.45) is 0 Å². The van der Waals surface area contributed by atoms with Crippen LogP contribution in [0, 0.1) is 5.82 Å². The van der Waals surface area contributed by atoms with Gasteiger partial charge in [0.2, 0.25) is 0 Å². The molecule has 20 heavy (non-hydrogen) atoms. The summed E-state index contributed by atoms with van der Waals surface area (Å²) in [7, 11) is 0. The molecule has 1 aliphatic carbocycles. The molecule has 0 spiro atoms. The molecule has 0 amide bonds. The first-order chi connectivity index (χ1) is 9.65. The summed E-state index contributed by atoms with van der Waals surface area (Å²) < 4.78 is 19.7. The minimum absolute atomic E-state index is 0.280. The highest BCUT2D eigenvalue weighted by molar-refractivity contribution is 5.90. The third-order valence-corrected chi connectivity index (χ3v) is 3.22. The van der Waals surface area contributed by atoms with Crippen molar-refractivity contribution < 1.29 is 19.0 Å². The first-order valence-corrected chi connectivity index (χ1v) is 6.44. The molecular weight excluding hydrogens is 259 g/mol. The Morgan fingerprint density at radius 2 is 1.85 bits per heavy atom. The number of carboxylic acid groups (broad SMARTS) is 1. The summed E-state index contributed by atoms with van der Waals surface area (Å²) >= 11 is 0.